The third kappa shape index (κ3) is 4.30. The van der Waals surface area contributed by atoms with Gasteiger partial charge in [0.05, 0.1) is 6.54 Å². The minimum absolute atomic E-state index is 0.209. The standard InChI is InChI=1S/C14H28N2O/c1-5-12-8-6-7-9-13(12)15-10-14(17)16(4)11(2)3/h11-13,15H,5-10H2,1-4H3. The van der Waals surface area contributed by atoms with Crippen LogP contribution in [0.1, 0.15) is 52.9 Å². The first kappa shape index (κ1) is 14.5. The molecule has 3 heteroatoms. The molecule has 0 aliphatic heterocycles. The van der Waals surface area contributed by atoms with Gasteiger partial charge in [0.15, 0.2) is 0 Å². The maximum absolute atomic E-state index is 11.9. The zero-order chi connectivity index (χ0) is 12.8. The van der Waals surface area contributed by atoms with Crippen LogP contribution in [0.4, 0.5) is 0 Å². The lowest BCUT2D eigenvalue weighted by atomic mass is 9.83. The van der Waals surface area contributed by atoms with Crippen LogP contribution in [0.5, 0.6) is 0 Å². The number of hydrogen-bond acceptors (Lipinski definition) is 2. The summed E-state index contributed by atoms with van der Waals surface area (Å²) in [5.41, 5.74) is 0. The summed E-state index contributed by atoms with van der Waals surface area (Å²) in [5, 5.41) is 3.47. The molecule has 0 aromatic heterocycles. The fraction of sp³-hybridized carbons (Fsp3) is 0.929. The van der Waals surface area contributed by atoms with Crippen LogP contribution in [0, 0.1) is 5.92 Å². The zero-order valence-electron chi connectivity index (χ0n) is 11.8. The third-order valence-corrected chi connectivity index (χ3v) is 4.12. The molecule has 1 rings (SSSR count). The molecule has 0 radical (unpaired) electrons. The number of amides is 1. The van der Waals surface area contributed by atoms with E-state index in [0.29, 0.717) is 12.6 Å². The maximum Gasteiger partial charge on any atom is 0.236 e. The van der Waals surface area contributed by atoms with Gasteiger partial charge in [0.1, 0.15) is 0 Å². The summed E-state index contributed by atoms with van der Waals surface area (Å²) in [6.07, 6.45) is 6.45. The van der Waals surface area contributed by atoms with Gasteiger partial charge in [0.25, 0.3) is 0 Å². The molecule has 3 nitrogen and oxygen atoms in total. The Labute approximate surface area is 106 Å². The van der Waals surface area contributed by atoms with Crippen molar-refractivity contribution in [2.75, 3.05) is 13.6 Å². The lowest BCUT2D eigenvalue weighted by molar-refractivity contribution is -0.130. The van der Waals surface area contributed by atoms with Gasteiger partial charge in [-0.3, -0.25) is 4.79 Å². The minimum atomic E-state index is 0.209. The first-order valence-corrected chi connectivity index (χ1v) is 7.05. The molecule has 1 fully saturated rings. The van der Waals surface area contributed by atoms with Crippen LogP contribution in [0.15, 0.2) is 0 Å². The highest BCUT2D eigenvalue weighted by molar-refractivity contribution is 5.78. The van der Waals surface area contributed by atoms with Crippen LogP contribution in [-0.4, -0.2) is 36.5 Å². The van der Waals surface area contributed by atoms with Crippen LogP contribution >= 0.6 is 0 Å². The normalized spacial score (nSPS) is 25.0. The summed E-state index contributed by atoms with van der Waals surface area (Å²) in [7, 11) is 1.88. The van der Waals surface area contributed by atoms with Crippen molar-refractivity contribution in [1.29, 1.82) is 0 Å². The molecule has 0 spiro atoms. The van der Waals surface area contributed by atoms with Gasteiger partial charge in [-0.25, -0.2) is 0 Å². The first-order valence-electron chi connectivity index (χ1n) is 7.05. The van der Waals surface area contributed by atoms with Crippen molar-refractivity contribution in [1.82, 2.24) is 10.2 Å². The molecule has 100 valence electrons. The van der Waals surface area contributed by atoms with Crippen molar-refractivity contribution in [3.63, 3.8) is 0 Å². The highest BCUT2D eigenvalue weighted by Crippen LogP contribution is 2.26. The predicted molar refractivity (Wildman–Crippen MR) is 71.9 cm³/mol. The Kier molecular flexibility index (Phi) is 5.96. The van der Waals surface area contributed by atoms with E-state index in [1.165, 1.54) is 32.1 Å². The molecular formula is C14H28N2O. The zero-order valence-corrected chi connectivity index (χ0v) is 11.8. The number of likely N-dealkylation sites (N-methyl/N-ethyl adjacent to an activating group) is 1. The van der Waals surface area contributed by atoms with E-state index in [9.17, 15) is 4.79 Å². The maximum atomic E-state index is 11.9. The number of nitrogens with zero attached hydrogens (tertiary/aromatic N) is 1. The largest absolute Gasteiger partial charge is 0.342 e. The first-order chi connectivity index (χ1) is 8.06. The Bertz CT molecular complexity index is 240. The van der Waals surface area contributed by atoms with Crippen LogP contribution < -0.4 is 5.32 Å². The summed E-state index contributed by atoms with van der Waals surface area (Å²) < 4.78 is 0. The third-order valence-electron chi connectivity index (χ3n) is 4.12. The number of nitrogens with one attached hydrogen (secondary N) is 1. The van der Waals surface area contributed by atoms with Crippen molar-refractivity contribution >= 4 is 5.91 Å². The number of hydrogen-bond donors (Lipinski definition) is 1. The molecule has 1 amide bonds. The van der Waals surface area contributed by atoms with Gasteiger partial charge in [-0.2, -0.15) is 0 Å². The molecule has 0 saturated heterocycles. The van der Waals surface area contributed by atoms with Crippen molar-refractivity contribution in [3.05, 3.63) is 0 Å². The molecule has 1 aliphatic rings. The van der Waals surface area contributed by atoms with Crippen molar-refractivity contribution < 1.29 is 4.79 Å². The molecule has 0 aromatic rings. The second-order valence-electron chi connectivity index (χ2n) is 5.54. The second-order valence-corrected chi connectivity index (χ2v) is 5.54. The van der Waals surface area contributed by atoms with Crippen molar-refractivity contribution in [2.24, 2.45) is 5.92 Å². The Morgan fingerprint density at radius 3 is 2.59 bits per heavy atom. The molecule has 17 heavy (non-hydrogen) atoms. The van der Waals surface area contributed by atoms with Crippen LogP contribution in [0.25, 0.3) is 0 Å². The Morgan fingerprint density at radius 2 is 2.00 bits per heavy atom. The van der Waals surface area contributed by atoms with E-state index >= 15 is 0 Å². The fourth-order valence-electron chi connectivity index (χ4n) is 2.60. The summed E-state index contributed by atoms with van der Waals surface area (Å²) in [5.74, 6) is 0.973. The minimum Gasteiger partial charge on any atom is -0.342 e. The highest BCUT2D eigenvalue weighted by Gasteiger charge is 2.24. The monoisotopic (exact) mass is 240 g/mol. The smallest absolute Gasteiger partial charge is 0.236 e. The topological polar surface area (TPSA) is 32.3 Å². The van der Waals surface area contributed by atoms with Crippen LogP contribution in [0.3, 0.4) is 0 Å². The SMILES string of the molecule is CCC1CCCCC1NCC(=O)N(C)C(C)C. The molecule has 2 atom stereocenters. The van der Waals surface area contributed by atoms with Crippen LogP contribution in [-0.2, 0) is 4.79 Å². The lowest BCUT2D eigenvalue weighted by Gasteiger charge is -2.32. The molecular weight excluding hydrogens is 212 g/mol. The van der Waals surface area contributed by atoms with Gasteiger partial charge in [0.2, 0.25) is 5.91 Å². The molecule has 2 unspecified atom stereocenters. The van der Waals surface area contributed by atoms with Gasteiger partial charge in [-0.1, -0.05) is 26.2 Å². The van der Waals surface area contributed by atoms with E-state index in [2.05, 4.69) is 12.2 Å². The highest BCUT2D eigenvalue weighted by atomic mass is 16.2. The Balaban J connectivity index is 2.35. The van der Waals surface area contributed by atoms with E-state index in [-0.39, 0.29) is 11.9 Å². The van der Waals surface area contributed by atoms with Gasteiger partial charge in [-0.05, 0) is 32.6 Å². The molecule has 0 bridgehead atoms. The van der Waals surface area contributed by atoms with E-state index in [1.54, 1.807) is 0 Å². The summed E-state index contributed by atoms with van der Waals surface area (Å²) in [6, 6.07) is 0.843. The number of carbonyl (C=O) groups excluding carboxylic acids is 1. The second kappa shape index (κ2) is 7.00. The molecule has 1 saturated carbocycles. The molecule has 0 aromatic carbocycles. The van der Waals surface area contributed by atoms with Gasteiger partial charge < -0.3 is 10.2 Å². The van der Waals surface area contributed by atoms with Gasteiger partial charge >= 0.3 is 0 Å². The summed E-state index contributed by atoms with van der Waals surface area (Å²) in [4.78, 5) is 13.7. The quantitative estimate of drug-likeness (QED) is 0.800. The average Bonchev–Trinajstić information content (AvgIpc) is 2.35. The van der Waals surface area contributed by atoms with E-state index < -0.39 is 0 Å². The Morgan fingerprint density at radius 1 is 1.35 bits per heavy atom. The fourth-order valence-corrected chi connectivity index (χ4v) is 2.60. The molecule has 0 heterocycles. The molecule has 1 N–H and O–H groups in total. The van der Waals surface area contributed by atoms with E-state index in [0.717, 1.165) is 5.92 Å². The number of rotatable bonds is 5. The molecule has 1 aliphatic carbocycles. The van der Waals surface area contributed by atoms with Crippen LogP contribution in [0.2, 0.25) is 0 Å². The van der Waals surface area contributed by atoms with Gasteiger partial charge in [0, 0.05) is 19.1 Å². The van der Waals surface area contributed by atoms with Crippen molar-refractivity contribution in [2.45, 2.75) is 65.0 Å². The van der Waals surface area contributed by atoms with Gasteiger partial charge in [-0.15, -0.1) is 0 Å². The van der Waals surface area contributed by atoms with E-state index in [1.807, 2.05) is 25.8 Å². The number of carbonyl (C=O) groups is 1. The average molecular weight is 240 g/mol. The lowest BCUT2D eigenvalue weighted by Crippen LogP contribution is -2.45. The predicted octanol–water partition coefficient (Wildman–Crippen LogP) is 2.41. The summed E-state index contributed by atoms with van der Waals surface area (Å²) >= 11 is 0. The Hall–Kier alpha value is -0.570. The summed E-state index contributed by atoms with van der Waals surface area (Å²) in [6.45, 7) is 6.85. The van der Waals surface area contributed by atoms with E-state index in [4.69, 9.17) is 0 Å². The van der Waals surface area contributed by atoms with Crippen molar-refractivity contribution in [3.8, 4) is 0 Å².